The van der Waals surface area contributed by atoms with Crippen molar-refractivity contribution in [2.45, 2.75) is 19.9 Å². The Morgan fingerprint density at radius 1 is 1.63 bits per heavy atom. The molecule has 19 heavy (non-hydrogen) atoms. The van der Waals surface area contributed by atoms with Gasteiger partial charge in [-0.2, -0.15) is 0 Å². The number of aromatic nitrogens is 1. The first kappa shape index (κ1) is 15.3. The maximum absolute atomic E-state index is 12.0. The van der Waals surface area contributed by atoms with Gasteiger partial charge in [0.25, 0.3) is 5.91 Å². The molecule has 1 aromatic heterocycles. The molecule has 2 N–H and O–H groups in total. The van der Waals surface area contributed by atoms with E-state index in [1.807, 2.05) is 13.8 Å². The second-order valence-corrected chi connectivity index (χ2v) is 4.62. The number of aliphatic hydroxyl groups is 1. The SMILES string of the molecule is CC(C)C(CO)NC(=O)c1ccnc(Cl)c1[N+](=O)[O-]. The first-order valence-corrected chi connectivity index (χ1v) is 5.96. The van der Waals surface area contributed by atoms with Crippen LogP contribution in [0.1, 0.15) is 24.2 Å². The highest BCUT2D eigenvalue weighted by atomic mass is 35.5. The summed E-state index contributed by atoms with van der Waals surface area (Å²) >= 11 is 5.62. The second kappa shape index (κ2) is 6.44. The van der Waals surface area contributed by atoms with Crippen molar-refractivity contribution in [3.05, 3.63) is 33.1 Å². The minimum absolute atomic E-state index is 0.00897. The fourth-order valence-corrected chi connectivity index (χ4v) is 1.68. The molecular weight excluding hydrogens is 274 g/mol. The number of nitro groups is 1. The summed E-state index contributed by atoms with van der Waals surface area (Å²) in [7, 11) is 0. The van der Waals surface area contributed by atoms with Crippen LogP contribution in [0.2, 0.25) is 5.15 Å². The molecule has 1 heterocycles. The van der Waals surface area contributed by atoms with Gasteiger partial charge in [-0.1, -0.05) is 25.4 Å². The number of halogens is 1. The highest BCUT2D eigenvalue weighted by molar-refractivity contribution is 6.32. The van der Waals surface area contributed by atoms with Crippen LogP contribution in [0, 0.1) is 16.0 Å². The quantitative estimate of drug-likeness (QED) is 0.483. The Bertz CT molecular complexity index is 493. The van der Waals surface area contributed by atoms with Gasteiger partial charge in [0.2, 0.25) is 5.15 Å². The molecule has 0 saturated heterocycles. The lowest BCUT2D eigenvalue weighted by molar-refractivity contribution is -0.385. The van der Waals surface area contributed by atoms with Crippen LogP contribution in [-0.2, 0) is 0 Å². The zero-order chi connectivity index (χ0) is 14.6. The van der Waals surface area contributed by atoms with Gasteiger partial charge in [-0.15, -0.1) is 0 Å². The van der Waals surface area contributed by atoms with E-state index < -0.39 is 22.6 Å². The number of nitrogens with one attached hydrogen (secondary N) is 1. The summed E-state index contributed by atoms with van der Waals surface area (Å²) in [5.41, 5.74) is -0.716. The number of hydrogen-bond donors (Lipinski definition) is 2. The molecular formula is C11H14ClN3O4. The van der Waals surface area contributed by atoms with E-state index in [0.29, 0.717) is 0 Å². The highest BCUT2D eigenvalue weighted by Crippen LogP contribution is 2.26. The van der Waals surface area contributed by atoms with E-state index in [2.05, 4.69) is 10.3 Å². The first-order chi connectivity index (χ1) is 8.88. The Kier molecular flexibility index (Phi) is 5.20. The molecule has 104 valence electrons. The van der Waals surface area contributed by atoms with Crippen LogP contribution in [0.5, 0.6) is 0 Å². The van der Waals surface area contributed by atoms with Crippen molar-refractivity contribution >= 4 is 23.2 Å². The van der Waals surface area contributed by atoms with Crippen molar-refractivity contribution in [3.8, 4) is 0 Å². The van der Waals surface area contributed by atoms with Gasteiger partial charge in [0.05, 0.1) is 17.6 Å². The molecule has 0 aliphatic carbocycles. The molecule has 1 rings (SSSR count). The number of carbonyl (C=O) groups is 1. The molecule has 0 bridgehead atoms. The normalized spacial score (nSPS) is 12.3. The van der Waals surface area contributed by atoms with Crippen LogP contribution in [0.4, 0.5) is 5.69 Å². The molecule has 7 nitrogen and oxygen atoms in total. The van der Waals surface area contributed by atoms with Gasteiger partial charge in [-0.3, -0.25) is 14.9 Å². The van der Waals surface area contributed by atoms with Gasteiger partial charge in [0.15, 0.2) is 0 Å². The maximum atomic E-state index is 12.0. The number of carbonyl (C=O) groups excluding carboxylic acids is 1. The minimum atomic E-state index is -0.756. The van der Waals surface area contributed by atoms with Crippen molar-refractivity contribution < 1.29 is 14.8 Å². The van der Waals surface area contributed by atoms with Gasteiger partial charge in [0, 0.05) is 6.20 Å². The third-order valence-corrected chi connectivity index (χ3v) is 2.90. The van der Waals surface area contributed by atoms with Crippen molar-refractivity contribution in [3.63, 3.8) is 0 Å². The Balaban J connectivity index is 3.07. The summed E-state index contributed by atoms with van der Waals surface area (Å²) in [6.45, 7) is 3.38. The van der Waals surface area contributed by atoms with Crippen LogP contribution >= 0.6 is 11.6 Å². The summed E-state index contributed by atoms with van der Waals surface area (Å²) in [5, 5.41) is 22.2. The summed E-state index contributed by atoms with van der Waals surface area (Å²) < 4.78 is 0. The standard InChI is InChI=1S/C11H14ClN3O4/c1-6(2)8(5-16)14-11(17)7-3-4-13-10(12)9(7)15(18)19/h3-4,6,8,16H,5H2,1-2H3,(H,14,17). The molecule has 0 radical (unpaired) electrons. The lowest BCUT2D eigenvalue weighted by Crippen LogP contribution is -2.41. The third kappa shape index (κ3) is 3.62. The van der Waals surface area contributed by atoms with E-state index in [0.717, 1.165) is 0 Å². The highest BCUT2D eigenvalue weighted by Gasteiger charge is 2.26. The lowest BCUT2D eigenvalue weighted by atomic mass is 10.0. The summed E-state index contributed by atoms with van der Waals surface area (Å²) in [5.74, 6) is -0.672. The maximum Gasteiger partial charge on any atom is 0.319 e. The molecule has 1 atom stereocenters. The predicted octanol–water partition coefficient (Wildman–Crippen LogP) is 1.39. The number of aliphatic hydroxyl groups excluding tert-OH is 1. The first-order valence-electron chi connectivity index (χ1n) is 5.59. The Morgan fingerprint density at radius 2 is 2.26 bits per heavy atom. The molecule has 0 aliphatic heterocycles. The summed E-state index contributed by atoms with van der Waals surface area (Å²) in [6.07, 6.45) is 1.22. The molecule has 1 aromatic rings. The lowest BCUT2D eigenvalue weighted by Gasteiger charge is -2.19. The van der Waals surface area contributed by atoms with E-state index in [9.17, 15) is 14.9 Å². The summed E-state index contributed by atoms with van der Waals surface area (Å²) in [6, 6.07) is 0.729. The second-order valence-electron chi connectivity index (χ2n) is 4.26. The van der Waals surface area contributed by atoms with Crippen LogP contribution in [0.25, 0.3) is 0 Å². The van der Waals surface area contributed by atoms with Crippen molar-refractivity contribution in [1.82, 2.24) is 10.3 Å². The van der Waals surface area contributed by atoms with Gasteiger partial charge >= 0.3 is 5.69 Å². The molecule has 0 aliphatic rings. The fraction of sp³-hybridized carbons (Fsp3) is 0.455. The van der Waals surface area contributed by atoms with E-state index in [1.54, 1.807) is 0 Å². The summed E-state index contributed by atoms with van der Waals surface area (Å²) in [4.78, 5) is 25.7. The Morgan fingerprint density at radius 3 is 2.74 bits per heavy atom. The molecule has 0 fully saturated rings. The Hall–Kier alpha value is -1.73. The number of hydrogen-bond acceptors (Lipinski definition) is 5. The van der Waals surface area contributed by atoms with Gasteiger partial charge in [-0.25, -0.2) is 4.98 Å². The van der Waals surface area contributed by atoms with Crippen molar-refractivity contribution in [2.24, 2.45) is 5.92 Å². The van der Waals surface area contributed by atoms with Gasteiger partial charge in [0.1, 0.15) is 5.56 Å². The minimum Gasteiger partial charge on any atom is -0.394 e. The number of rotatable bonds is 5. The molecule has 0 saturated carbocycles. The number of nitrogens with zero attached hydrogens (tertiary/aromatic N) is 2. The van der Waals surface area contributed by atoms with Gasteiger partial charge in [-0.05, 0) is 12.0 Å². The third-order valence-electron chi connectivity index (χ3n) is 2.62. The predicted molar refractivity (Wildman–Crippen MR) is 69.1 cm³/mol. The van der Waals surface area contributed by atoms with Crippen LogP contribution < -0.4 is 5.32 Å². The van der Waals surface area contributed by atoms with E-state index in [4.69, 9.17) is 16.7 Å². The number of amides is 1. The van der Waals surface area contributed by atoms with Crippen LogP contribution in [0.3, 0.4) is 0 Å². The van der Waals surface area contributed by atoms with Crippen LogP contribution in [-0.4, -0.2) is 33.6 Å². The topological polar surface area (TPSA) is 105 Å². The molecule has 1 unspecified atom stereocenters. The van der Waals surface area contributed by atoms with E-state index in [-0.39, 0.29) is 23.2 Å². The van der Waals surface area contributed by atoms with Gasteiger partial charge < -0.3 is 10.4 Å². The van der Waals surface area contributed by atoms with E-state index >= 15 is 0 Å². The average molecular weight is 288 g/mol. The molecule has 8 heteroatoms. The zero-order valence-corrected chi connectivity index (χ0v) is 11.2. The molecule has 0 spiro atoms. The molecule has 0 aromatic carbocycles. The molecule has 1 amide bonds. The zero-order valence-electron chi connectivity index (χ0n) is 10.5. The monoisotopic (exact) mass is 287 g/mol. The fourth-order valence-electron chi connectivity index (χ4n) is 1.45. The van der Waals surface area contributed by atoms with Crippen molar-refractivity contribution in [2.75, 3.05) is 6.61 Å². The average Bonchev–Trinajstić information content (AvgIpc) is 2.34. The Labute approximate surface area is 114 Å². The van der Waals surface area contributed by atoms with E-state index in [1.165, 1.54) is 12.3 Å². The smallest absolute Gasteiger partial charge is 0.319 e. The van der Waals surface area contributed by atoms with Crippen molar-refractivity contribution in [1.29, 1.82) is 0 Å². The largest absolute Gasteiger partial charge is 0.394 e. The van der Waals surface area contributed by atoms with Crippen LogP contribution in [0.15, 0.2) is 12.3 Å². The number of pyridine rings is 1.